The molecule has 1 atom stereocenters. The van der Waals surface area contributed by atoms with E-state index in [0.717, 1.165) is 22.6 Å². The Balaban J connectivity index is 2.85. The van der Waals surface area contributed by atoms with Crippen molar-refractivity contribution in [2.45, 2.75) is 20.0 Å². The lowest BCUT2D eigenvalue weighted by Crippen LogP contribution is -2.23. The highest BCUT2D eigenvalue weighted by Crippen LogP contribution is 2.29. The van der Waals surface area contributed by atoms with Crippen molar-refractivity contribution in [1.82, 2.24) is 0 Å². The lowest BCUT2D eigenvalue weighted by atomic mass is 10.1. The minimum Gasteiger partial charge on any atom is -0.494 e. The first-order valence-corrected chi connectivity index (χ1v) is 5.26. The minimum atomic E-state index is -0.759. The van der Waals surface area contributed by atoms with E-state index in [1.807, 2.05) is 26.0 Å². The molecule has 0 radical (unpaired) electrons. The summed E-state index contributed by atoms with van der Waals surface area (Å²) in [6, 6.07) is 3.99. The Labute approximate surface area is 95.9 Å². The number of aliphatic hydroxyl groups excluding tert-OH is 2. The van der Waals surface area contributed by atoms with Gasteiger partial charge in [-0.3, -0.25) is 0 Å². The van der Waals surface area contributed by atoms with Crippen LogP contribution in [0.4, 0.5) is 5.69 Å². The van der Waals surface area contributed by atoms with Crippen molar-refractivity contribution in [2.75, 3.05) is 25.6 Å². The molecule has 0 aromatic heterocycles. The summed E-state index contributed by atoms with van der Waals surface area (Å²) in [6.07, 6.45) is -0.759. The number of aliphatic hydroxyl groups is 2. The fraction of sp³-hybridized carbons (Fsp3) is 0.500. The van der Waals surface area contributed by atoms with Gasteiger partial charge in [-0.2, -0.15) is 0 Å². The van der Waals surface area contributed by atoms with Crippen LogP contribution in [0.5, 0.6) is 5.75 Å². The number of nitrogens with one attached hydrogen (secondary N) is 1. The molecule has 16 heavy (non-hydrogen) atoms. The molecule has 0 saturated carbocycles. The van der Waals surface area contributed by atoms with Crippen molar-refractivity contribution >= 4 is 5.69 Å². The Morgan fingerprint density at radius 2 is 2.06 bits per heavy atom. The third-order valence-corrected chi connectivity index (χ3v) is 2.36. The van der Waals surface area contributed by atoms with Gasteiger partial charge in [0.15, 0.2) is 0 Å². The van der Waals surface area contributed by atoms with Gasteiger partial charge >= 0.3 is 0 Å². The SMILES string of the molecule is COc1c(C)cc(C)cc1NCC(O)CO. The average molecular weight is 225 g/mol. The smallest absolute Gasteiger partial charge is 0.144 e. The van der Waals surface area contributed by atoms with Crippen molar-refractivity contribution < 1.29 is 14.9 Å². The first-order valence-electron chi connectivity index (χ1n) is 5.26. The molecule has 3 N–H and O–H groups in total. The second-order valence-corrected chi connectivity index (χ2v) is 3.88. The molecule has 1 aromatic carbocycles. The molecule has 90 valence electrons. The van der Waals surface area contributed by atoms with Crippen molar-refractivity contribution in [3.05, 3.63) is 23.3 Å². The molecule has 0 amide bonds. The zero-order valence-corrected chi connectivity index (χ0v) is 9.95. The van der Waals surface area contributed by atoms with Crippen LogP contribution >= 0.6 is 0 Å². The Kier molecular flexibility index (Phi) is 4.58. The first-order chi connectivity index (χ1) is 7.58. The third-order valence-electron chi connectivity index (χ3n) is 2.36. The van der Waals surface area contributed by atoms with E-state index in [1.54, 1.807) is 7.11 Å². The number of rotatable bonds is 5. The lowest BCUT2D eigenvalue weighted by Gasteiger charge is -2.16. The number of hydrogen-bond donors (Lipinski definition) is 3. The summed E-state index contributed by atoms with van der Waals surface area (Å²) in [7, 11) is 1.62. The van der Waals surface area contributed by atoms with Gasteiger partial charge in [0.2, 0.25) is 0 Å². The molecule has 0 heterocycles. The number of aryl methyl sites for hydroxylation is 2. The zero-order chi connectivity index (χ0) is 12.1. The summed E-state index contributed by atoms with van der Waals surface area (Å²) in [5.74, 6) is 0.774. The predicted molar refractivity (Wildman–Crippen MR) is 64.1 cm³/mol. The summed E-state index contributed by atoms with van der Waals surface area (Å²) in [4.78, 5) is 0. The second-order valence-electron chi connectivity index (χ2n) is 3.88. The number of ether oxygens (including phenoxy) is 1. The van der Waals surface area contributed by atoms with Gasteiger partial charge in [-0.15, -0.1) is 0 Å². The Morgan fingerprint density at radius 3 is 2.62 bits per heavy atom. The molecule has 4 nitrogen and oxygen atoms in total. The van der Waals surface area contributed by atoms with Crippen LogP contribution in [0, 0.1) is 13.8 Å². The summed E-state index contributed by atoms with van der Waals surface area (Å²) < 4.78 is 5.29. The van der Waals surface area contributed by atoms with Gasteiger partial charge in [0.1, 0.15) is 5.75 Å². The van der Waals surface area contributed by atoms with Crippen LogP contribution in [0.2, 0.25) is 0 Å². The van der Waals surface area contributed by atoms with Crippen molar-refractivity contribution in [3.8, 4) is 5.75 Å². The zero-order valence-electron chi connectivity index (χ0n) is 9.95. The number of hydrogen-bond acceptors (Lipinski definition) is 4. The maximum absolute atomic E-state index is 9.27. The maximum atomic E-state index is 9.27. The lowest BCUT2D eigenvalue weighted by molar-refractivity contribution is 0.105. The Morgan fingerprint density at radius 1 is 1.38 bits per heavy atom. The van der Waals surface area contributed by atoms with Crippen LogP contribution < -0.4 is 10.1 Å². The molecular weight excluding hydrogens is 206 g/mol. The first kappa shape index (κ1) is 12.8. The summed E-state index contributed by atoms with van der Waals surface area (Å²) >= 11 is 0. The molecule has 4 heteroatoms. The average Bonchev–Trinajstić information content (AvgIpc) is 2.25. The van der Waals surface area contributed by atoms with Crippen LogP contribution in [-0.4, -0.2) is 36.6 Å². The van der Waals surface area contributed by atoms with Crippen LogP contribution in [0.15, 0.2) is 12.1 Å². The van der Waals surface area contributed by atoms with Crippen molar-refractivity contribution in [3.63, 3.8) is 0 Å². The molecule has 0 aliphatic carbocycles. The maximum Gasteiger partial charge on any atom is 0.144 e. The van der Waals surface area contributed by atoms with E-state index >= 15 is 0 Å². The van der Waals surface area contributed by atoms with Crippen LogP contribution in [0.25, 0.3) is 0 Å². The standard InChI is InChI=1S/C12H19NO3/c1-8-4-9(2)12(16-3)11(5-8)13-6-10(15)7-14/h4-5,10,13-15H,6-7H2,1-3H3. The summed E-state index contributed by atoms with van der Waals surface area (Å²) in [5, 5.41) is 21.1. The monoisotopic (exact) mass is 225 g/mol. The van der Waals surface area contributed by atoms with Gasteiger partial charge in [0.05, 0.1) is 25.5 Å². The topological polar surface area (TPSA) is 61.7 Å². The molecule has 0 fully saturated rings. The highest BCUT2D eigenvalue weighted by Gasteiger charge is 2.08. The quantitative estimate of drug-likeness (QED) is 0.701. The van der Waals surface area contributed by atoms with Crippen molar-refractivity contribution in [2.24, 2.45) is 0 Å². The fourth-order valence-corrected chi connectivity index (χ4v) is 1.65. The molecule has 0 bridgehead atoms. The summed E-state index contributed by atoms with van der Waals surface area (Å²) in [6.45, 7) is 4.02. The third kappa shape index (κ3) is 3.12. The van der Waals surface area contributed by atoms with E-state index in [9.17, 15) is 5.11 Å². The van der Waals surface area contributed by atoms with Gasteiger partial charge in [0.25, 0.3) is 0 Å². The second kappa shape index (κ2) is 5.72. The van der Waals surface area contributed by atoms with E-state index < -0.39 is 6.10 Å². The number of benzene rings is 1. The van der Waals surface area contributed by atoms with Gasteiger partial charge in [-0.1, -0.05) is 6.07 Å². The van der Waals surface area contributed by atoms with Gasteiger partial charge in [-0.05, 0) is 31.0 Å². The molecule has 0 spiro atoms. The molecule has 1 rings (SSSR count). The van der Waals surface area contributed by atoms with Crippen molar-refractivity contribution in [1.29, 1.82) is 0 Å². The molecule has 0 saturated heterocycles. The van der Waals surface area contributed by atoms with E-state index in [4.69, 9.17) is 9.84 Å². The molecule has 0 aliphatic heterocycles. The molecular formula is C12H19NO3. The Bertz CT molecular complexity index is 352. The van der Waals surface area contributed by atoms with E-state index in [0.29, 0.717) is 6.54 Å². The van der Waals surface area contributed by atoms with Crippen LogP contribution in [0.1, 0.15) is 11.1 Å². The predicted octanol–water partition coefficient (Wildman–Crippen LogP) is 1.08. The molecule has 1 unspecified atom stereocenters. The summed E-state index contributed by atoms with van der Waals surface area (Å²) in [5.41, 5.74) is 3.01. The highest BCUT2D eigenvalue weighted by atomic mass is 16.5. The van der Waals surface area contributed by atoms with Gasteiger partial charge < -0.3 is 20.3 Å². The van der Waals surface area contributed by atoms with Crippen LogP contribution in [0.3, 0.4) is 0 Å². The van der Waals surface area contributed by atoms with Gasteiger partial charge in [0, 0.05) is 6.54 Å². The van der Waals surface area contributed by atoms with E-state index in [1.165, 1.54) is 0 Å². The van der Waals surface area contributed by atoms with Crippen LogP contribution in [-0.2, 0) is 0 Å². The van der Waals surface area contributed by atoms with Gasteiger partial charge in [-0.25, -0.2) is 0 Å². The molecule has 1 aromatic rings. The van der Waals surface area contributed by atoms with E-state index in [-0.39, 0.29) is 6.61 Å². The fourth-order valence-electron chi connectivity index (χ4n) is 1.65. The Hall–Kier alpha value is -1.26. The normalized spacial score (nSPS) is 12.3. The number of anilines is 1. The highest BCUT2D eigenvalue weighted by molar-refractivity contribution is 5.61. The van der Waals surface area contributed by atoms with E-state index in [2.05, 4.69) is 5.32 Å². The minimum absolute atomic E-state index is 0.250. The molecule has 0 aliphatic rings. The number of methoxy groups -OCH3 is 1. The largest absolute Gasteiger partial charge is 0.494 e.